The van der Waals surface area contributed by atoms with E-state index in [2.05, 4.69) is 16.2 Å². The summed E-state index contributed by atoms with van der Waals surface area (Å²) in [5.74, 6) is 4.96. The zero-order chi connectivity index (χ0) is 20.2. The number of ether oxygens (including phenoxy) is 3. The van der Waals surface area contributed by atoms with Crippen molar-refractivity contribution < 1.29 is 14.2 Å². The third kappa shape index (κ3) is 6.76. The highest BCUT2D eigenvalue weighted by atomic mass is 16.5. The van der Waals surface area contributed by atoms with E-state index in [0.29, 0.717) is 31.5 Å². The molecule has 0 heterocycles. The van der Waals surface area contributed by atoms with Crippen molar-refractivity contribution in [2.75, 3.05) is 31.7 Å². The second-order valence-corrected chi connectivity index (χ2v) is 5.80. The van der Waals surface area contributed by atoms with Gasteiger partial charge in [0.25, 0.3) is 0 Å². The van der Waals surface area contributed by atoms with E-state index in [9.17, 15) is 0 Å². The predicted molar refractivity (Wildman–Crippen MR) is 113 cm³/mol. The van der Waals surface area contributed by atoms with E-state index in [1.807, 2.05) is 56.3 Å². The molecule has 3 N–H and O–H groups in total. The van der Waals surface area contributed by atoms with E-state index in [1.54, 1.807) is 0 Å². The Morgan fingerprint density at radius 3 is 2.43 bits per heavy atom. The average molecular weight is 381 g/mol. The van der Waals surface area contributed by atoms with Gasteiger partial charge in [-0.15, -0.1) is 6.42 Å². The maximum atomic E-state index is 6.04. The fourth-order valence-electron chi connectivity index (χ4n) is 2.50. The van der Waals surface area contributed by atoms with Crippen molar-refractivity contribution in [1.82, 2.24) is 0 Å². The highest BCUT2D eigenvalue weighted by molar-refractivity contribution is 5.94. The van der Waals surface area contributed by atoms with Crippen LogP contribution in [0.3, 0.4) is 0 Å². The van der Waals surface area contributed by atoms with Crippen molar-refractivity contribution in [3.63, 3.8) is 0 Å². The average Bonchev–Trinajstić information content (AvgIpc) is 2.70. The predicted octanol–water partition coefficient (Wildman–Crippen LogP) is 3.47. The molecule has 0 spiro atoms. The van der Waals surface area contributed by atoms with Crippen molar-refractivity contribution >= 4 is 11.6 Å². The minimum atomic E-state index is 0.264. The Kier molecular flexibility index (Phi) is 8.54. The first-order chi connectivity index (χ1) is 13.7. The summed E-state index contributed by atoms with van der Waals surface area (Å²) in [7, 11) is 0. The smallest absolute Gasteiger partial charge is 0.193 e. The van der Waals surface area contributed by atoms with E-state index in [4.69, 9.17) is 26.4 Å². The molecule has 2 aromatic rings. The third-order valence-corrected chi connectivity index (χ3v) is 3.75. The molecule has 148 valence electrons. The van der Waals surface area contributed by atoms with Crippen LogP contribution in [0.25, 0.3) is 0 Å². The second-order valence-electron chi connectivity index (χ2n) is 5.80. The summed E-state index contributed by atoms with van der Waals surface area (Å²) in [4.78, 5) is 4.39. The van der Waals surface area contributed by atoms with Crippen molar-refractivity contribution in [2.45, 2.75) is 20.3 Å². The molecule has 0 unspecified atom stereocenters. The van der Waals surface area contributed by atoms with Crippen molar-refractivity contribution in [1.29, 1.82) is 0 Å². The van der Waals surface area contributed by atoms with Gasteiger partial charge in [-0.2, -0.15) is 0 Å². The molecule has 0 atom stereocenters. The molecule has 6 nitrogen and oxygen atoms in total. The Bertz CT molecular complexity index is 811. The van der Waals surface area contributed by atoms with Gasteiger partial charge in [0.2, 0.25) is 0 Å². The van der Waals surface area contributed by atoms with Crippen LogP contribution in [0.4, 0.5) is 5.69 Å². The summed E-state index contributed by atoms with van der Waals surface area (Å²) in [6.07, 6.45) is 5.94. The highest BCUT2D eigenvalue weighted by Crippen LogP contribution is 2.29. The number of hydrogen-bond acceptors (Lipinski definition) is 4. The lowest BCUT2D eigenvalue weighted by Gasteiger charge is -2.14. The number of hydrogen-bond donors (Lipinski definition) is 2. The summed E-state index contributed by atoms with van der Waals surface area (Å²) in [5, 5.41) is 3.10. The topological polar surface area (TPSA) is 78.1 Å². The van der Waals surface area contributed by atoms with Crippen LogP contribution in [0.5, 0.6) is 17.2 Å². The lowest BCUT2D eigenvalue weighted by Crippen LogP contribution is -2.23. The normalized spacial score (nSPS) is 10.8. The number of nitrogens with one attached hydrogen (secondary N) is 1. The Morgan fingerprint density at radius 2 is 1.75 bits per heavy atom. The van der Waals surface area contributed by atoms with Crippen LogP contribution in [-0.2, 0) is 6.42 Å². The van der Waals surface area contributed by atoms with Gasteiger partial charge in [-0.25, -0.2) is 0 Å². The minimum absolute atomic E-state index is 0.264. The first-order valence-corrected chi connectivity index (χ1v) is 9.28. The Hall–Kier alpha value is -3.33. The SMILES string of the molecule is C#CCOc1ccc(CCN=C(N)Nc2cc(OCC)ccc2OCC)cc1. The summed E-state index contributed by atoms with van der Waals surface area (Å²) in [5.41, 5.74) is 7.90. The van der Waals surface area contributed by atoms with Gasteiger partial charge in [0, 0.05) is 12.6 Å². The van der Waals surface area contributed by atoms with Gasteiger partial charge >= 0.3 is 0 Å². The molecule has 6 heteroatoms. The van der Waals surface area contributed by atoms with Crippen molar-refractivity contribution in [3.05, 3.63) is 48.0 Å². The van der Waals surface area contributed by atoms with Gasteiger partial charge in [-0.05, 0) is 50.1 Å². The van der Waals surface area contributed by atoms with E-state index in [1.165, 1.54) is 0 Å². The van der Waals surface area contributed by atoms with Crippen LogP contribution >= 0.6 is 0 Å². The molecule has 0 aromatic heterocycles. The van der Waals surface area contributed by atoms with Crippen LogP contribution in [0, 0.1) is 12.3 Å². The van der Waals surface area contributed by atoms with E-state index in [-0.39, 0.29) is 6.61 Å². The molecule has 0 radical (unpaired) electrons. The Labute approximate surface area is 166 Å². The van der Waals surface area contributed by atoms with Gasteiger partial charge < -0.3 is 25.3 Å². The van der Waals surface area contributed by atoms with Crippen LogP contribution in [0.15, 0.2) is 47.5 Å². The van der Waals surface area contributed by atoms with Crippen LogP contribution in [0.2, 0.25) is 0 Å². The van der Waals surface area contributed by atoms with Crippen LogP contribution in [-0.4, -0.2) is 32.3 Å². The zero-order valence-electron chi connectivity index (χ0n) is 16.4. The van der Waals surface area contributed by atoms with Gasteiger partial charge in [0.1, 0.15) is 23.9 Å². The molecule has 2 rings (SSSR count). The number of guanidine groups is 1. The first-order valence-electron chi connectivity index (χ1n) is 9.28. The molecule has 0 aliphatic heterocycles. The Morgan fingerprint density at radius 1 is 1.04 bits per heavy atom. The molecule has 0 amide bonds. The first kappa shape index (κ1) is 21.0. The van der Waals surface area contributed by atoms with Crippen LogP contribution in [0.1, 0.15) is 19.4 Å². The highest BCUT2D eigenvalue weighted by Gasteiger charge is 2.07. The van der Waals surface area contributed by atoms with Gasteiger partial charge in [0.15, 0.2) is 5.96 Å². The number of nitrogens with two attached hydrogens (primary N) is 1. The maximum absolute atomic E-state index is 6.04. The molecule has 0 saturated heterocycles. The molecule has 0 fully saturated rings. The minimum Gasteiger partial charge on any atom is -0.494 e. The molecule has 0 saturated carbocycles. The van der Waals surface area contributed by atoms with Crippen molar-refractivity contribution in [2.24, 2.45) is 10.7 Å². The van der Waals surface area contributed by atoms with Gasteiger partial charge in [-0.1, -0.05) is 18.1 Å². The number of nitrogens with zero attached hydrogens (tertiary/aromatic N) is 1. The summed E-state index contributed by atoms with van der Waals surface area (Å²) < 4.78 is 16.5. The number of anilines is 1. The number of aliphatic imine (C=N–C) groups is 1. The standard InChI is InChI=1S/C22H27N3O3/c1-4-15-28-18-9-7-17(8-10-18)13-14-24-22(23)25-20-16-19(26-5-2)11-12-21(20)27-6-3/h1,7-12,16H,5-6,13-15H2,2-3H3,(H3,23,24,25). The van der Waals surface area contributed by atoms with E-state index >= 15 is 0 Å². The lowest BCUT2D eigenvalue weighted by molar-refractivity contribution is 0.332. The zero-order valence-corrected chi connectivity index (χ0v) is 16.4. The molecule has 0 bridgehead atoms. The number of rotatable bonds is 10. The third-order valence-electron chi connectivity index (χ3n) is 3.75. The number of terminal acetylenes is 1. The fraction of sp³-hybridized carbons (Fsp3) is 0.318. The summed E-state index contributed by atoms with van der Waals surface area (Å²) in [6.45, 7) is 5.83. The number of benzene rings is 2. The molecular weight excluding hydrogens is 354 g/mol. The largest absolute Gasteiger partial charge is 0.494 e. The van der Waals surface area contributed by atoms with Gasteiger partial charge in [-0.3, -0.25) is 4.99 Å². The van der Waals surface area contributed by atoms with Gasteiger partial charge in [0.05, 0.1) is 18.9 Å². The Balaban J connectivity index is 1.94. The van der Waals surface area contributed by atoms with E-state index < -0.39 is 0 Å². The monoisotopic (exact) mass is 381 g/mol. The fourth-order valence-corrected chi connectivity index (χ4v) is 2.50. The van der Waals surface area contributed by atoms with E-state index in [0.717, 1.165) is 29.2 Å². The van der Waals surface area contributed by atoms with Crippen molar-refractivity contribution in [3.8, 4) is 29.6 Å². The summed E-state index contributed by atoms with van der Waals surface area (Å²) in [6, 6.07) is 13.3. The summed E-state index contributed by atoms with van der Waals surface area (Å²) >= 11 is 0. The molecule has 28 heavy (non-hydrogen) atoms. The quantitative estimate of drug-likeness (QED) is 0.374. The molecule has 0 aliphatic rings. The van der Waals surface area contributed by atoms with Crippen LogP contribution < -0.4 is 25.3 Å². The maximum Gasteiger partial charge on any atom is 0.193 e. The molecule has 0 aliphatic carbocycles. The second kappa shape index (κ2) is 11.4. The lowest BCUT2D eigenvalue weighted by atomic mass is 10.1. The molecule has 2 aromatic carbocycles. The molecular formula is C22H27N3O3.